The number of Topliss-reactive ketones (excluding diaryl/α,β-unsaturated/α-hetero) is 1. The van der Waals surface area contributed by atoms with Gasteiger partial charge in [-0.15, -0.1) is 0 Å². The van der Waals surface area contributed by atoms with Crippen LogP contribution in [0.2, 0.25) is 0 Å². The quantitative estimate of drug-likeness (QED) is 0.740. The third-order valence-corrected chi connectivity index (χ3v) is 8.22. The molecular formula is C22H27FO4. The largest absolute Gasteiger partial charge is 0.393 e. The number of fused-ring (bicyclic) bond motifs is 5. The number of aliphatic hydroxyl groups excluding tert-OH is 1. The van der Waals surface area contributed by atoms with Crippen LogP contribution in [-0.2, 0) is 9.59 Å². The standard InChI is InChI=1S/C22H27FO4/c1-11-7-15-14-9-17(23)16-8-13(25)5-6-20(16,3)19(14)18(26)10-21(15,4)22(11,27)12(2)24/h5-6,8-9,11,14-15,18-19,26-27H,7,10H2,1-4H3/t11?,14-,15-,18?,19+,20-,21-,22-/m0/s1. The van der Waals surface area contributed by atoms with Crippen molar-refractivity contribution in [1.82, 2.24) is 0 Å². The average Bonchev–Trinajstić information content (AvgIpc) is 2.78. The first-order chi connectivity index (χ1) is 12.5. The summed E-state index contributed by atoms with van der Waals surface area (Å²) in [6.45, 7) is 6.99. The van der Waals surface area contributed by atoms with E-state index in [0.717, 1.165) is 0 Å². The van der Waals surface area contributed by atoms with Crippen LogP contribution >= 0.6 is 0 Å². The molecule has 2 N–H and O–H groups in total. The van der Waals surface area contributed by atoms with Gasteiger partial charge in [0, 0.05) is 22.3 Å². The van der Waals surface area contributed by atoms with E-state index in [1.807, 2.05) is 20.8 Å². The summed E-state index contributed by atoms with van der Waals surface area (Å²) in [7, 11) is 0. The fourth-order valence-corrected chi connectivity index (χ4v) is 6.95. The van der Waals surface area contributed by atoms with Crippen molar-refractivity contribution in [2.45, 2.75) is 52.2 Å². The Morgan fingerprint density at radius 2 is 2.00 bits per heavy atom. The van der Waals surface area contributed by atoms with Gasteiger partial charge in [-0.2, -0.15) is 0 Å². The Bertz CT molecular complexity index is 826. The van der Waals surface area contributed by atoms with Crippen molar-refractivity contribution in [3.8, 4) is 0 Å². The molecule has 0 aromatic rings. The first kappa shape index (κ1) is 18.8. The van der Waals surface area contributed by atoms with E-state index < -0.39 is 28.4 Å². The maximum Gasteiger partial charge on any atom is 0.178 e. The fraction of sp³-hybridized carbons (Fsp3) is 0.636. The number of hydrogen-bond donors (Lipinski definition) is 2. The number of rotatable bonds is 1. The number of carbonyl (C=O) groups is 2. The number of ketones is 2. The number of carbonyl (C=O) groups excluding carboxylic acids is 2. The minimum Gasteiger partial charge on any atom is -0.393 e. The molecule has 4 rings (SSSR count). The Balaban J connectivity index is 1.88. The van der Waals surface area contributed by atoms with E-state index in [1.54, 1.807) is 6.08 Å². The SMILES string of the molecule is CC(=O)[C@@]1(O)C(C)C[C@H]2[C@@H]3C=C(F)C4=CC(=O)C=C[C@]4(C)[C@H]3C(O)C[C@@]21C. The van der Waals surface area contributed by atoms with Crippen LogP contribution in [-0.4, -0.2) is 33.5 Å². The zero-order valence-corrected chi connectivity index (χ0v) is 16.2. The summed E-state index contributed by atoms with van der Waals surface area (Å²) in [5.74, 6) is -1.97. The van der Waals surface area contributed by atoms with Crippen LogP contribution in [0, 0.1) is 34.5 Å². The van der Waals surface area contributed by atoms with Gasteiger partial charge < -0.3 is 10.2 Å². The zero-order chi connectivity index (χ0) is 19.9. The molecule has 4 aliphatic carbocycles. The molecule has 4 nitrogen and oxygen atoms in total. The molecule has 0 heterocycles. The van der Waals surface area contributed by atoms with Crippen molar-refractivity contribution in [3.05, 3.63) is 35.7 Å². The minimum atomic E-state index is -1.52. The minimum absolute atomic E-state index is 0.120. The highest BCUT2D eigenvalue weighted by Gasteiger charge is 2.69. The topological polar surface area (TPSA) is 74.6 Å². The van der Waals surface area contributed by atoms with Crippen LogP contribution < -0.4 is 0 Å². The van der Waals surface area contributed by atoms with E-state index in [4.69, 9.17) is 0 Å². The molecule has 0 spiro atoms. The van der Waals surface area contributed by atoms with E-state index in [2.05, 4.69) is 0 Å². The van der Waals surface area contributed by atoms with Gasteiger partial charge in [-0.1, -0.05) is 26.8 Å². The van der Waals surface area contributed by atoms with Crippen LogP contribution in [0.4, 0.5) is 4.39 Å². The lowest BCUT2D eigenvalue weighted by atomic mass is 9.47. The van der Waals surface area contributed by atoms with Crippen LogP contribution in [0.1, 0.15) is 40.5 Å². The molecule has 0 amide bonds. The van der Waals surface area contributed by atoms with Crippen molar-refractivity contribution in [1.29, 1.82) is 0 Å². The molecule has 0 aromatic carbocycles. The van der Waals surface area contributed by atoms with Gasteiger partial charge in [-0.3, -0.25) is 9.59 Å². The van der Waals surface area contributed by atoms with E-state index >= 15 is 4.39 Å². The van der Waals surface area contributed by atoms with Gasteiger partial charge in [0.2, 0.25) is 0 Å². The highest BCUT2D eigenvalue weighted by molar-refractivity contribution is 6.01. The maximum absolute atomic E-state index is 15.1. The van der Waals surface area contributed by atoms with Gasteiger partial charge in [-0.05, 0) is 55.7 Å². The van der Waals surface area contributed by atoms with Crippen LogP contribution in [0.25, 0.3) is 0 Å². The molecule has 8 atom stereocenters. The van der Waals surface area contributed by atoms with Crippen molar-refractivity contribution in [2.75, 3.05) is 0 Å². The first-order valence-electron chi connectivity index (χ1n) is 9.71. The number of hydrogen-bond acceptors (Lipinski definition) is 4. The van der Waals surface area contributed by atoms with Crippen molar-refractivity contribution < 1.29 is 24.2 Å². The van der Waals surface area contributed by atoms with Gasteiger partial charge in [0.25, 0.3) is 0 Å². The Morgan fingerprint density at radius 3 is 2.63 bits per heavy atom. The summed E-state index contributed by atoms with van der Waals surface area (Å²) < 4.78 is 15.1. The lowest BCUT2D eigenvalue weighted by Gasteiger charge is -2.58. The Hall–Kier alpha value is -1.59. The molecule has 2 unspecified atom stereocenters. The second kappa shape index (κ2) is 5.48. The fourth-order valence-electron chi connectivity index (χ4n) is 6.95. The average molecular weight is 374 g/mol. The van der Waals surface area contributed by atoms with E-state index in [-0.39, 0.29) is 41.7 Å². The second-order valence-corrected chi connectivity index (χ2v) is 9.45. The number of allylic oxidation sites excluding steroid dienone is 6. The molecule has 2 fully saturated rings. The third kappa shape index (κ3) is 2.10. The van der Waals surface area contributed by atoms with Crippen molar-refractivity contribution in [2.24, 2.45) is 34.5 Å². The molecule has 27 heavy (non-hydrogen) atoms. The predicted molar refractivity (Wildman–Crippen MR) is 98.1 cm³/mol. The molecule has 0 bridgehead atoms. The highest BCUT2D eigenvalue weighted by Crippen LogP contribution is 2.67. The normalized spacial score (nSPS) is 51.1. The maximum atomic E-state index is 15.1. The number of aliphatic hydroxyl groups is 2. The zero-order valence-electron chi connectivity index (χ0n) is 16.2. The van der Waals surface area contributed by atoms with Crippen LogP contribution in [0.3, 0.4) is 0 Å². The summed E-state index contributed by atoms with van der Waals surface area (Å²) in [5, 5.41) is 22.5. The summed E-state index contributed by atoms with van der Waals surface area (Å²) in [6.07, 6.45) is 6.07. The molecular weight excluding hydrogens is 347 g/mol. The van der Waals surface area contributed by atoms with Gasteiger partial charge in [0.05, 0.1) is 6.10 Å². The molecule has 0 saturated heterocycles. The van der Waals surface area contributed by atoms with E-state index in [1.165, 1.54) is 25.2 Å². The third-order valence-electron chi connectivity index (χ3n) is 8.22. The lowest BCUT2D eigenvalue weighted by Crippen LogP contribution is -2.61. The van der Waals surface area contributed by atoms with E-state index in [9.17, 15) is 19.8 Å². The molecule has 2 saturated carbocycles. The van der Waals surface area contributed by atoms with Crippen LogP contribution in [0.15, 0.2) is 35.7 Å². The van der Waals surface area contributed by atoms with Crippen molar-refractivity contribution in [3.63, 3.8) is 0 Å². The summed E-state index contributed by atoms with van der Waals surface area (Å²) in [6, 6.07) is 0. The Morgan fingerprint density at radius 1 is 1.33 bits per heavy atom. The van der Waals surface area contributed by atoms with Gasteiger partial charge in [0.15, 0.2) is 11.6 Å². The van der Waals surface area contributed by atoms with Gasteiger partial charge in [-0.25, -0.2) is 4.39 Å². The number of halogens is 1. The molecule has 0 aromatic heterocycles. The van der Waals surface area contributed by atoms with E-state index in [0.29, 0.717) is 12.0 Å². The lowest BCUT2D eigenvalue weighted by molar-refractivity contribution is -0.174. The molecule has 0 radical (unpaired) electrons. The van der Waals surface area contributed by atoms with Gasteiger partial charge in [0.1, 0.15) is 11.4 Å². The van der Waals surface area contributed by atoms with Crippen molar-refractivity contribution >= 4 is 11.6 Å². The summed E-state index contributed by atoms with van der Waals surface area (Å²) >= 11 is 0. The smallest absolute Gasteiger partial charge is 0.178 e. The molecule has 4 aliphatic rings. The monoisotopic (exact) mass is 374 g/mol. The highest BCUT2D eigenvalue weighted by atomic mass is 19.1. The van der Waals surface area contributed by atoms with Crippen LogP contribution in [0.5, 0.6) is 0 Å². The van der Waals surface area contributed by atoms with Gasteiger partial charge >= 0.3 is 0 Å². The molecule has 146 valence electrons. The molecule has 0 aliphatic heterocycles. The molecule has 5 heteroatoms. The Kier molecular flexibility index (Phi) is 3.81. The summed E-state index contributed by atoms with van der Waals surface area (Å²) in [5.41, 5.74) is -2.80. The first-order valence-corrected chi connectivity index (χ1v) is 9.71. The predicted octanol–water partition coefficient (Wildman–Crippen LogP) is 2.90. The summed E-state index contributed by atoms with van der Waals surface area (Å²) in [4.78, 5) is 24.2. The Labute approximate surface area is 158 Å². The second-order valence-electron chi connectivity index (χ2n) is 9.45.